The van der Waals surface area contributed by atoms with E-state index in [1.807, 2.05) is 18.5 Å². The summed E-state index contributed by atoms with van der Waals surface area (Å²) in [6.07, 6.45) is 6.93. The molecule has 1 saturated carbocycles. The van der Waals surface area contributed by atoms with Gasteiger partial charge in [-0.15, -0.1) is 0 Å². The predicted octanol–water partition coefficient (Wildman–Crippen LogP) is 3.08. The molecular weight excluding hydrogens is 318 g/mol. The lowest BCUT2D eigenvalue weighted by molar-refractivity contribution is 0.0939. The highest BCUT2D eigenvalue weighted by atomic mass is 16.3. The van der Waals surface area contributed by atoms with Crippen LogP contribution in [-0.2, 0) is 6.42 Å². The number of aromatic hydroxyl groups is 2. The fraction of sp³-hybridized carbons (Fsp3) is 0.474. The van der Waals surface area contributed by atoms with Gasteiger partial charge in [0.1, 0.15) is 0 Å². The molecule has 3 N–H and O–H groups in total. The summed E-state index contributed by atoms with van der Waals surface area (Å²) in [4.78, 5) is 12.6. The molecule has 1 aliphatic rings. The minimum absolute atomic E-state index is 0.106. The maximum absolute atomic E-state index is 12.6. The molecule has 1 aromatic carbocycles. The number of phenolic OH excluding ortho intramolecular Hbond substituents is 2. The molecule has 6 heteroatoms. The maximum atomic E-state index is 12.6. The minimum Gasteiger partial charge on any atom is -0.504 e. The number of benzene rings is 1. The second kappa shape index (κ2) is 7.17. The molecule has 1 fully saturated rings. The van der Waals surface area contributed by atoms with Gasteiger partial charge in [0.25, 0.3) is 5.91 Å². The van der Waals surface area contributed by atoms with Crippen LogP contribution in [0.15, 0.2) is 24.4 Å². The Labute approximate surface area is 147 Å². The van der Waals surface area contributed by atoms with Crippen molar-refractivity contribution in [3.8, 4) is 11.5 Å². The largest absolute Gasteiger partial charge is 0.504 e. The van der Waals surface area contributed by atoms with Crippen molar-refractivity contribution in [3.05, 3.63) is 41.2 Å². The number of carbonyl (C=O) groups is 1. The van der Waals surface area contributed by atoms with Gasteiger partial charge in [0, 0.05) is 11.7 Å². The van der Waals surface area contributed by atoms with Gasteiger partial charge in [-0.2, -0.15) is 5.10 Å². The number of amides is 1. The van der Waals surface area contributed by atoms with Crippen LogP contribution < -0.4 is 5.32 Å². The average molecular weight is 343 g/mol. The first-order chi connectivity index (χ1) is 12.0. The molecule has 6 nitrogen and oxygen atoms in total. The molecule has 1 aliphatic carbocycles. The van der Waals surface area contributed by atoms with Crippen molar-refractivity contribution in [3.63, 3.8) is 0 Å². The Morgan fingerprint density at radius 1 is 1.32 bits per heavy atom. The van der Waals surface area contributed by atoms with Crippen molar-refractivity contribution >= 4 is 5.91 Å². The van der Waals surface area contributed by atoms with Crippen LogP contribution in [0.25, 0.3) is 0 Å². The summed E-state index contributed by atoms with van der Waals surface area (Å²) in [5.41, 5.74) is 2.38. The standard InChI is InChI=1S/C19H25N3O3/c1-12(9-14-7-8-17(23)18(24)10-14)21-19(25)16-11-20-22(13(16)2)15-5-3-4-6-15/h7-8,10-12,15,23-24H,3-6,9H2,1-2H3,(H,21,25)/t12-/m0/s1. The summed E-state index contributed by atoms with van der Waals surface area (Å²) >= 11 is 0. The van der Waals surface area contributed by atoms with Crippen LogP contribution in [-0.4, -0.2) is 31.9 Å². The van der Waals surface area contributed by atoms with E-state index in [1.54, 1.807) is 12.3 Å². The van der Waals surface area contributed by atoms with E-state index in [4.69, 9.17) is 0 Å². The third-order valence-corrected chi connectivity index (χ3v) is 4.92. The Bertz CT molecular complexity index is 763. The normalized spacial score (nSPS) is 16.1. The molecule has 2 aromatic rings. The predicted molar refractivity (Wildman–Crippen MR) is 94.9 cm³/mol. The lowest BCUT2D eigenvalue weighted by atomic mass is 10.1. The molecule has 0 aliphatic heterocycles. The highest BCUT2D eigenvalue weighted by Crippen LogP contribution is 2.30. The first-order valence-corrected chi connectivity index (χ1v) is 8.81. The van der Waals surface area contributed by atoms with Crippen LogP contribution in [0, 0.1) is 6.92 Å². The first-order valence-electron chi connectivity index (χ1n) is 8.81. The molecule has 134 valence electrons. The summed E-state index contributed by atoms with van der Waals surface area (Å²) in [5.74, 6) is -0.419. The third kappa shape index (κ3) is 3.78. The monoisotopic (exact) mass is 343 g/mol. The summed E-state index contributed by atoms with van der Waals surface area (Å²) < 4.78 is 1.99. The number of aromatic nitrogens is 2. The second-order valence-electron chi connectivity index (χ2n) is 6.93. The number of rotatable bonds is 5. The molecule has 0 unspecified atom stereocenters. The molecule has 0 radical (unpaired) electrons. The highest BCUT2D eigenvalue weighted by molar-refractivity contribution is 5.95. The van der Waals surface area contributed by atoms with Gasteiger partial charge in [-0.3, -0.25) is 9.48 Å². The van der Waals surface area contributed by atoms with Gasteiger partial charge < -0.3 is 15.5 Å². The molecule has 1 atom stereocenters. The zero-order chi connectivity index (χ0) is 18.0. The van der Waals surface area contributed by atoms with E-state index in [1.165, 1.54) is 25.0 Å². The molecule has 0 spiro atoms. The Morgan fingerprint density at radius 3 is 2.72 bits per heavy atom. The second-order valence-corrected chi connectivity index (χ2v) is 6.93. The van der Waals surface area contributed by atoms with Gasteiger partial charge in [0.2, 0.25) is 0 Å². The molecule has 3 rings (SSSR count). The lowest BCUT2D eigenvalue weighted by Gasteiger charge is -2.15. The van der Waals surface area contributed by atoms with Crippen molar-refractivity contribution in [1.29, 1.82) is 0 Å². The Hall–Kier alpha value is -2.50. The average Bonchev–Trinajstić information content (AvgIpc) is 3.20. The first kappa shape index (κ1) is 17.3. The van der Waals surface area contributed by atoms with Crippen LogP contribution >= 0.6 is 0 Å². The van der Waals surface area contributed by atoms with E-state index in [2.05, 4.69) is 10.4 Å². The fourth-order valence-electron chi connectivity index (χ4n) is 3.57. The molecule has 1 aromatic heterocycles. The summed E-state index contributed by atoms with van der Waals surface area (Å²) in [6, 6.07) is 5.02. The summed E-state index contributed by atoms with van der Waals surface area (Å²) in [7, 11) is 0. The smallest absolute Gasteiger partial charge is 0.254 e. The van der Waals surface area contributed by atoms with Crippen LogP contribution in [0.2, 0.25) is 0 Å². The SMILES string of the molecule is Cc1c(C(=O)N[C@@H](C)Cc2ccc(O)c(O)c2)cnn1C1CCCC1. The van der Waals surface area contributed by atoms with Crippen LogP contribution in [0.5, 0.6) is 11.5 Å². The maximum Gasteiger partial charge on any atom is 0.254 e. The highest BCUT2D eigenvalue weighted by Gasteiger charge is 2.23. The molecular formula is C19H25N3O3. The zero-order valence-corrected chi connectivity index (χ0v) is 14.7. The van der Waals surface area contributed by atoms with E-state index < -0.39 is 0 Å². The lowest BCUT2D eigenvalue weighted by Crippen LogP contribution is -2.34. The van der Waals surface area contributed by atoms with E-state index in [9.17, 15) is 15.0 Å². The number of nitrogens with one attached hydrogen (secondary N) is 1. The van der Waals surface area contributed by atoms with Crippen molar-refractivity contribution in [1.82, 2.24) is 15.1 Å². The van der Waals surface area contributed by atoms with E-state index >= 15 is 0 Å². The van der Waals surface area contributed by atoms with E-state index in [0.717, 1.165) is 24.1 Å². The van der Waals surface area contributed by atoms with Gasteiger partial charge >= 0.3 is 0 Å². The van der Waals surface area contributed by atoms with Crippen molar-refractivity contribution in [2.45, 2.75) is 58.0 Å². The summed E-state index contributed by atoms with van der Waals surface area (Å²) in [6.45, 7) is 3.86. The number of carbonyl (C=O) groups excluding carboxylic acids is 1. The van der Waals surface area contributed by atoms with Gasteiger partial charge in [0.05, 0.1) is 17.8 Å². The number of phenols is 2. The number of hydrogen-bond acceptors (Lipinski definition) is 4. The zero-order valence-electron chi connectivity index (χ0n) is 14.7. The van der Waals surface area contributed by atoms with E-state index in [-0.39, 0.29) is 23.4 Å². The van der Waals surface area contributed by atoms with Crippen molar-refractivity contribution in [2.75, 3.05) is 0 Å². The topological polar surface area (TPSA) is 87.4 Å². The Morgan fingerprint density at radius 2 is 2.04 bits per heavy atom. The van der Waals surface area contributed by atoms with Crippen LogP contribution in [0.1, 0.15) is 60.3 Å². The van der Waals surface area contributed by atoms with Gasteiger partial charge in [-0.1, -0.05) is 18.9 Å². The van der Waals surface area contributed by atoms with Crippen LogP contribution in [0.3, 0.4) is 0 Å². The van der Waals surface area contributed by atoms with Crippen molar-refractivity contribution < 1.29 is 15.0 Å². The molecule has 0 bridgehead atoms. The van der Waals surface area contributed by atoms with Crippen LogP contribution in [0.4, 0.5) is 0 Å². The molecule has 1 heterocycles. The Balaban J connectivity index is 1.64. The van der Waals surface area contributed by atoms with Gasteiger partial charge in [0.15, 0.2) is 11.5 Å². The Kier molecular flexibility index (Phi) is 4.97. The van der Waals surface area contributed by atoms with Gasteiger partial charge in [-0.25, -0.2) is 0 Å². The van der Waals surface area contributed by atoms with Gasteiger partial charge in [-0.05, 0) is 50.8 Å². The summed E-state index contributed by atoms with van der Waals surface area (Å²) in [5, 5.41) is 26.3. The minimum atomic E-state index is -0.148. The molecule has 1 amide bonds. The molecule has 25 heavy (non-hydrogen) atoms. The van der Waals surface area contributed by atoms with Crippen molar-refractivity contribution in [2.24, 2.45) is 0 Å². The number of nitrogens with zero attached hydrogens (tertiary/aromatic N) is 2. The fourth-order valence-corrected chi connectivity index (χ4v) is 3.57. The molecule has 0 saturated heterocycles. The third-order valence-electron chi connectivity index (χ3n) is 4.92. The quantitative estimate of drug-likeness (QED) is 0.728. The number of hydrogen-bond donors (Lipinski definition) is 3. The van der Waals surface area contributed by atoms with E-state index in [0.29, 0.717) is 18.0 Å².